The molecule has 0 spiro atoms. The first-order chi connectivity index (χ1) is 13.0. The Hall–Kier alpha value is -2.43. The van der Waals surface area contributed by atoms with E-state index in [-0.39, 0.29) is 18.0 Å². The van der Waals surface area contributed by atoms with E-state index >= 15 is 0 Å². The third-order valence-corrected chi connectivity index (χ3v) is 5.09. The Kier molecular flexibility index (Phi) is 4.85. The number of carbonyl (C=O) groups is 1. The molecular weight excluding hydrogens is 366 g/mol. The maximum Gasteiger partial charge on any atom is 0.297 e. The highest BCUT2D eigenvalue weighted by molar-refractivity contribution is 7.13. The number of fused-ring (bicyclic) bond motifs is 1. The summed E-state index contributed by atoms with van der Waals surface area (Å²) in [6.07, 6.45) is 2.07. The number of amides is 1. The van der Waals surface area contributed by atoms with E-state index in [0.29, 0.717) is 10.9 Å². The highest BCUT2D eigenvalue weighted by Crippen LogP contribution is 2.19. The molecular formula is C17H21N7O2S. The SMILES string of the molecule is Cc1ccnc2nc(C(=O)Nc3nc(CN4CC(C)OC(C)C4)cs3)nn12. The normalized spacial score (nSPS) is 20.9. The Balaban J connectivity index is 1.42. The van der Waals surface area contributed by atoms with Crippen molar-refractivity contribution >= 4 is 28.2 Å². The lowest BCUT2D eigenvalue weighted by atomic mass is 10.2. The minimum Gasteiger partial charge on any atom is -0.373 e. The summed E-state index contributed by atoms with van der Waals surface area (Å²) in [7, 11) is 0. The molecule has 4 rings (SSSR count). The number of carbonyl (C=O) groups excluding carboxylic acids is 1. The molecule has 1 N–H and O–H groups in total. The molecule has 1 aliphatic heterocycles. The van der Waals surface area contributed by atoms with Gasteiger partial charge in [-0.3, -0.25) is 15.0 Å². The van der Waals surface area contributed by atoms with Crippen molar-refractivity contribution in [1.29, 1.82) is 0 Å². The summed E-state index contributed by atoms with van der Waals surface area (Å²) in [6, 6.07) is 1.81. The lowest BCUT2D eigenvalue weighted by Crippen LogP contribution is -2.44. The first kappa shape index (κ1) is 18.0. The van der Waals surface area contributed by atoms with Gasteiger partial charge >= 0.3 is 0 Å². The summed E-state index contributed by atoms with van der Waals surface area (Å²) in [5.74, 6) is 0.0781. The highest BCUT2D eigenvalue weighted by Gasteiger charge is 2.23. The molecule has 2 unspecified atom stereocenters. The largest absolute Gasteiger partial charge is 0.373 e. The first-order valence-corrected chi connectivity index (χ1v) is 9.68. The minimum absolute atomic E-state index is 0.0735. The number of thiazole rings is 1. The fourth-order valence-corrected chi connectivity index (χ4v) is 3.93. The Morgan fingerprint density at radius 2 is 2.11 bits per heavy atom. The van der Waals surface area contributed by atoms with Gasteiger partial charge in [-0.25, -0.2) is 14.5 Å². The molecule has 1 aliphatic rings. The number of rotatable bonds is 4. The average Bonchev–Trinajstić information content (AvgIpc) is 3.21. The standard InChI is InChI=1S/C17H21N7O2S/c1-10-4-5-18-16-20-14(22-24(10)16)15(25)21-17-19-13(9-27-17)8-23-6-11(2)26-12(3)7-23/h4-5,9,11-12H,6-8H2,1-3H3,(H,19,21,25). The Morgan fingerprint density at radius 1 is 1.33 bits per heavy atom. The minimum atomic E-state index is -0.394. The fourth-order valence-electron chi connectivity index (χ4n) is 3.24. The molecule has 0 saturated carbocycles. The number of anilines is 1. The second-order valence-corrected chi connectivity index (χ2v) is 7.64. The fraction of sp³-hybridized carbons (Fsp3) is 0.471. The van der Waals surface area contributed by atoms with Gasteiger partial charge in [-0.15, -0.1) is 16.4 Å². The van der Waals surface area contributed by atoms with Crippen molar-refractivity contribution in [3.8, 4) is 0 Å². The first-order valence-electron chi connectivity index (χ1n) is 8.80. The van der Waals surface area contributed by atoms with Crippen LogP contribution in [0.25, 0.3) is 5.78 Å². The zero-order valence-corrected chi connectivity index (χ0v) is 16.2. The average molecular weight is 387 g/mol. The van der Waals surface area contributed by atoms with Gasteiger partial charge in [0.25, 0.3) is 11.7 Å². The molecule has 9 nitrogen and oxygen atoms in total. The van der Waals surface area contributed by atoms with Crippen LogP contribution in [0, 0.1) is 6.92 Å². The van der Waals surface area contributed by atoms with Crippen molar-refractivity contribution in [3.05, 3.63) is 34.9 Å². The topological polar surface area (TPSA) is 97.5 Å². The monoisotopic (exact) mass is 387 g/mol. The molecule has 3 aromatic rings. The van der Waals surface area contributed by atoms with E-state index < -0.39 is 5.91 Å². The quantitative estimate of drug-likeness (QED) is 0.728. The Bertz CT molecular complexity index is 959. The van der Waals surface area contributed by atoms with Crippen LogP contribution in [0.4, 0.5) is 5.13 Å². The van der Waals surface area contributed by atoms with E-state index in [9.17, 15) is 4.79 Å². The van der Waals surface area contributed by atoms with Gasteiger partial charge in [0.15, 0.2) is 5.13 Å². The zero-order valence-electron chi connectivity index (χ0n) is 15.4. The summed E-state index contributed by atoms with van der Waals surface area (Å²) in [5, 5.41) is 9.48. The third kappa shape index (κ3) is 3.97. The van der Waals surface area contributed by atoms with Crippen LogP contribution < -0.4 is 5.32 Å². The van der Waals surface area contributed by atoms with Gasteiger partial charge in [-0.1, -0.05) is 0 Å². The lowest BCUT2D eigenvalue weighted by Gasteiger charge is -2.34. The van der Waals surface area contributed by atoms with Crippen molar-refractivity contribution in [3.63, 3.8) is 0 Å². The van der Waals surface area contributed by atoms with E-state index in [1.807, 2.05) is 18.4 Å². The number of aryl methyl sites for hydroxylation is 1. The summed E-state index contributed by atoms with van der Waals surface area (Å²) < 4.78 is 7.30. The van der Waals surface area contributed by atoms with Crippen LogP contribution in [0.1, 0.15) is 35.9 Å². The van der Waals surface area contributed by atoms with E-state index in [2.05, 4.69) is 44.1 Å². The van der Waals surface area contributed by atoms with Crippen molar-refractivity contribution < 1.29 is 9.53 Å². The molecule has 0 bridgehead atoms. The van der Waals surface area contributed by atoms with Gasteiger partial charge in [-0.05, 0) is 26.8 Å². The molecule has 4 heterocycles. The molecule has 0 aliphatic carbocycles. The van der Waals surface area contributed by atoms with Crippen LogP contribution in [0.5, 0.6) is 0 Å². The van der Waals surface area contributed by atoms with Gasteiger partial charge in [0.2, 0.25) is 5.82 Å². The van der Waals surface area contributed by atoms with Crippen LogP contribution in [-0.4, -0.2) is 60.7 Å². The van der Waals surface area contributed by atoms with E-state index in [1.54, 1.807) is 10.7 Å². The number of nitrogens with zero attached hydrogens (tertiary/aromatic N) is 6. The molecule has 10 heteroatoms. The number of ether oxygens (including phenoxy) is 1. The second kappa shape index (κ2) is 7.29. The molecule has 0 radical (unpaired) electrons. The molecule has 3 aromatic heterocycles. The number of aromatic nitrogens is 5. The van der Waals surface area contributed by atoms with Gasteiger partial charge in [0.05, 0.1) is 17.9 Å². The van der Waals surface area contributed by atoms with Crippen LogP contribution in [-0.2, 0) is 11.3 Å². The number of morpholine rings is 1. The van der Waals surface area contributed by atoms with Crippen LogP contribution >= 0.6 is 11.3 Å². The number of hydrogen-bond acceptors (Lipinski definition) is 8. The van der Waals surface area contributed by atoms with Crippen molar-refractivity contribution in [1.82, 2.24) is 29.5 Å². The van der Waals surface area contributed by atoms with E-state index in [0.717, 1.165) is 31.0 Å². The molecule has 2 atom stereocenters. The molecule has 0 aromatic carbocycles. The number of nitrogens with one attached hydrogen (secondary N) is 1. The maximum absolute atomic E-state index is 12.4. The van der Waals surface area contributed by atoms with Crippen molar-refractivity contribution in [2.75, 3.05) is 18.4 Å². The van der Waals surface area contributed by atoms with Gasteiger partial charge in [0, 0.05) is 36.9 Å². The summed E-state index contributed by atoms with van der Waals surface area (Å²) >= 11 is 1.39. The van der Waals surface area contributed by atoms with Crippen molar-refractivity contribution in [2.24, 2.45) is 0 Å². The van der Waals surface area contributed by atoms with Crippen LogP contribution in [0.15, 0.2) is 17.6 Å². The van der Waals surface area contributed by atoms with E-state index in [4.69, 9.17) is 4.74 Å². The van der Waals surface area contributed by atoms with Gasteiger partial charge in [0.1, 0.15) is 0 Å². The summed E-state index contributed by atoms with van der Waals surface area (Å²) in [5.41, 5.74) is 1.79. The molecule has 1 saturated heterocycles. The van der Waals surface area contributed by atoms with Crippen LogP contribution in [0.3, 0.4) is 0 Å². The van der Waals surface area contributed by atoms with Gasteiger partial charge < -0.3 is 4.74 Å². The summed E-state index contributed by atoms with van der Waals surface area (Å²) in [6.45, 7) is 8.52. The van der Waals surface area contributed by atoms with Crippen molar-refractivity contribution in [2.45, 2.75) is 39.5 Å². The van der Waals surface area contributed by atoms with Gasteiger partial charge in [-0.2, -0.15) is 4.98 Å². The Morgan fingerprint density at radius 3 is 2.85 bits per heavy atom. The predicted octanol–water partition coefficient (Wildman–Crippen LogP) is 1.75. The zero-order chi connectivity index (χ0) is 19.0. The molecule has 27 heavy (non-hydrogen) atoms. The Labute approximate surface area is 160 Å². The maximum atomic E-state index is 12.4. The highest BCUT2D eigenvalue weighted by atomic mass is 32.1. The number of hydrogen-bond donors (Lipinski definition) is 1. The van der Waals surface area contributed by atoms with Crippen LogP contribution in [0.2, 0.25) is 0 Å². The third-order valence-electron chi connectivity index (χ3n) is 4.29. The smallest absolute Gasteiger partial charge is 0.297 e. The molecule has 142 valence electrons. The van der Waals surface area contributed by atoms with E-state index in [1.165, 1.54) is 11.3 Å². The predicted molar refractivity (Wildman–Crippen MR) is 101 cm³/mol. The second-order valence-electron chi connectivity index (χ2n) is 6.78. The lowest BCUT2D eigenvalue weighted by molar-refractivity contribution is -0.0707. The molecule has 1 amide bonds. The summed E-state index contributed by atoms with van der Waals surface area (Å²) in [4.78, 5) is 27.6. The molecule has 1 fully saturated rings.